The van der Waals surface area contributed by atoms with Gasteiger partial charge in [-0.05, 0) is 33.6 Å². The van der Waals surface area contributed by atoms with Crippen molar-refractivity contribution in [3.8, 4) is 0 Å². The molecule has 1 aliphatic rings. The standard InChI is InChI=1S/C11H18O2/c1-4-13-11(10(3)12)7-5-6-9(2)8-11/h6H,4-5,7-8H2,1-3H3. The van der Waals surface area contributed by atoms with Gasteiger partial charge >= 0.3 is 0 Å². The lowest BCUT2D eigenvalue weighted by Gasteiger charge is -2.34. The largest absolute Gasteiger partial charge is 0.367 e. The molecule has 0 aromatic rings. The molecule has 2 heteroatoms. The molecule has 0 fully saturated rings. The third-order valence-electron chi connectivity index (χ3n) is 2.67. The van der Waals surface area contributed by atoms with E-state index in [1.54, 1.807) is 6.92 Å². The molecule has 1 unspecified atom stereocenters. The van der Waals surface area contributed by atoms with E-state index >= 15 is 0 Å². The molecule has 0 amide bonds. The Morgan fingerprint density at radius 1 is 1.69 bits per heavy atom. The zero-order valence-electron chi connectivity index (χ0n) is 8.72. The number of ketones is 1. The molecule has 1 rings (SSSR count). The van der Waals surface area contributed by atoms with Gasteiger partial charge in [0.05, 0.1) is 0 Å². The van der Waals surface area contributed by atoms with Crippen molar-refractivity contribution in [1.29, 1.82) is 0 Å². The molecule has 74 valence electrons. The lowest BCUT2D eigenvalue weighted by atomic mass is 9.82. The van der Waals surface area contributed by atoms with Gasteiger partial charge in [-0.15, -0.1) is 0 Å². The Morgan fingerprint density at radius 3 is 2.85 bits per heavy atom. The maximum atomic E-state index is 11.5. The van der Waals surface area contributed by atoms with Crippen LogP contribution in [-0.2, 0) is 9.53 Å². The molecule has 1 aliphatic carbocycles. The second-order valence-corrected chi connectivity index (χ2v) is 3.75. The van der Waals surface area contributed by atoms with E-state index in [-0.39, 0.29) is 5.78 Å². The van der Waals surface area contributed by atoms with Gasteiger partial charge in [-0.2, -0.15) is 0 Å². The fourth-order valence-electron chi connectivity index (χ4n) is 1.96. The number of carbonyl (C=O) groups is 1. The monoisotopic (exact) mass is 182 g/mol. The summed E-state index contributed by atoms with van der Waals surface area (Å²) in [5, 5.41) is 0. The van der Waals surface area contributed by atoms with E-state index < -0.39 is 5.60 Å². The Morgan fingerprint density at radius 2 is 2.38 bits per heavy atom. The first-order valence-electron chi connectivity index (χ1n) is 4.91. The van der Waals surface area contributed by atoms with Crippen molar-refractivity contribution in [2.75, 3.05) is 6.61 Å². The maximum absolute atomic E-state index is 11.5. The van der Waals surface area contributed by atoms with Gasteiger partial charge in [0.25, 0.3) is 0 Å². The first-order chi connectivity index (χ1) is 6.10. The Balaban J connectivity index is 2.80. The molecule has 0 N–H and O–H groups in total. The van der Waals surface area contributed by atoms with Crippen LogP contribution in [0.1, 0.15) is 40.0 Å². The maximum Gasteiger partial charge on any atom is 0.161 e. The number of ether oxygens (including phenoxy) is 1. The van der Waals surface area contributed by atoms with Crippen LogP contribution in [0.3, 0.4) is 0 Å². The minimum atomic E-state index is -0.506. The smallest absolute Gasteiger partial charge is 0.161 e. The second kappa shape index (κ2) is 4.05. The van der Waals surface area contributed by atoms with Gasteiger partial charge in [-0.25, -0.2) is 0 Å². The van der Waals surface area contributed by atoms with Gasteiger partial charge in [-0.3, -0.25) is 4.79 Å². The van der Waals surface area contributed by atoms with Crippen LogP contribution in [0.5, 0.6) is 0 Å². The fraction of sp³-hybridized carbons (Fsp3) is 0.727. The van der Waals surface area contributed by atoms with Crippen LogP contribution in [0.4, 0.5) is 0 Å². The number of rotatable bonds is 3. The predicted octanol–water partition coefficient (Wildman–Crippen LogP) is 2.48. The molecule has 0 aromatic carbocycles. The summed E-state index contributed by atoms with van der Waals surface area (Å²) in [6.07, 6.45) is 4.77. The average Bonchev–Trinajstić information content (AvgIpc) is 2.04. The van der Waals surface area contributed by atoms with Crippen LogP contribution in [0.25, 0.3) is 0 Å². The first kappa shape index (κ1) is 10.5. The summed E-state index contributed by atoms with van der Waals surface area (Å²) < 4.78 is 5.61. The number of carbonyl (C=O) groups excluding carboxylic acids is 1. The average molecular weight is 182 g/mol. The molecule has 1 atom stereocenters. The summed E-state index contributed by atoms with van der Waals surface area (Å²) in [5.74, 6) is 0.168. The van der Waals surface area contributed by atoms with E-state index in [9.17, 15) is 4.79 Å². The number of allylic oxidation sites excluding steroid dienone is 1. The highest BCUT2D eigenvalue weighted by Gasteiger charge is 2.37. The molecule has 0 aromatic heterocycles. The lowest BCUT2D eigenvalue weighted by molar-refractivity contribution is -0.143. The van der Waals surface area contributed by atoms with Gasteiger partial charge in [0.15, 0.2) is 5.78 Å². The number of Topliss-reactive ketones (excluding diaryl/α,β-unsaturated/α-hetero) is 1. The van der Waals surface area contributed by atoms with Crippen LogP contribution in [0.2, 0.25) is 0 Å². The van der Waals surface area contributed by atoms with Gasteiger partial charge in [0.1, 0.15) is 5.60 Å². The topological polar surface area (TPSA) is 26.3 Å². The van der Waals surface area contributed by atoms with Crippen molar-refractivity contribution in [3.63, 3.8) is 0 Å². The summed E-state index contributed by atoms with van der Waals surface area (Å²) in [7, 11) is 0. The van der Waals surface area contributed by atoms with Crippen LogP contribution in [0.15, 0.2) is 11.6 Å². The number of hydrogen-bond donors (Lipinski definition) is 0. The Bertz CT molecular complexity index is 230. The van der Waals surface area contributed by atoms with Crippen LogP contribution >= 0.6 is 0 Å². The minimum absolute atomic E-state index is 0.168. The third kappa shape index (κ3) is 2.19. The summed E-state index contributed by atoms with van der Waals surface area (Å²) in [4.78, 5) is 11.5. The van der Waals surface area contributed by atoms with Crippen LogP contribution in [0, 0.1) is 0 Å². The van der Waals surface area contributed by atoms with Crippen molar-refractivity contribution in [2.24, 2.45) is 0 Å². The zero-order chi connectivity index (χ0) is 9.90. The first-order valence-corrected chi connectivity index (χ1v) is 4.91. The van der Waals surface area contributed by atoms with E-state index in [0.29, 0.717) is 6.61 Å². The van der Waals surface area contributed by atoms with E-state index in [4.69, 9.17) is 4.74 Å². The molecule has 2 nitrogen and oxygen atoms in total. The molecule has 0 bridgehead atoms. The van der Waals surface area contributed by atoms with Crippen molar-refractivity contribution < 1.29 is 9.53 Å². The van der Waals surface area contributed by atoms with Gasteiger partial charge in [-0.1, -0.05) is 11.6 Å². The molecule has 13 heavy (non-hydrogen) atoms. The molecule has 0 saturated heterocycles. The molecule has 0 radical (unpaired) electrons. The summed E-state index contributed by atoms with van der Waals surface area (Å²) >= 11 is 0. The van der Waals surface area contributed by atoms with Crippen molar-refractivity contribution in [2.45, 2.75) is 45.6 Å². The van der Waals surface area contributed by atoms with E-state index in [2.05, 4.69) is 13.0 Å². The predicted molar refractivity (Wildman–Crippen MR) is 52.6 cm³/mol. The third-order valence-corrected chi connectivity index (χ3v) is 2.67. The van der Waals surface area contributed by atoms with Gasteiger partial charge in [0.2, 0.25) is 0 Å². The lowest BCUT2D eigenvalue weighted by Crippen LogP contribution is -2.41. The highest BCUT2D eigenvalue weighted by Crippen LogP contribution is 2.32. The van der Waals surface area contributed by atoms with E-state index in [0.717, 1.165) is 19.3 Å². The quantitative estimate of drug-likeness (QED) is 0.627. The molecular weight excluding hydrogens is 164 g/mol. The molecule has 0 spiro atoms. The van der Waals surface area contributed by atoms with Gasteiger partial charge < -0.3 is 4.74 Å². The highest BCUT2D eigenvalue weighted by molar-refractivity contribution is 5.85. The normalized spacial score (nSPS) is 28.4. The zero-order valence-corrected chi connectivity index (χ0v) is 8.72. The molecule has 0 saturated carbocycles. The Kier molecular flexibility index (Phi) is 3.26. The summed E-state index contributed by atoms with van der Waals surface area (Å²) in [6, 6.07) is 0. The van der Waals surface area contributed by atoms with E-state index in [1.807, 2.05) is 6.92 Å². The molecular formula is C11H18O2. The van der Waals surface area contributed by atoms with E-state index in [1.165, 1.54) is 5.57 Å². The van der Waals surface area contributed by atoms with Crippen molar-refractivity contribution in [1.82, 2.24) is 0 Å². The number of hydrogen-bond acceptors (Lipinski definition) is 2. The summed E-state index contributed by atoms with van der Waals surface area (Å²) in [6.45, 7) is 6.26. The van der Waals surface area contributed by atoms with Crippen molar-refractivity contribution >= 4 is 5.78 Å². The van der Waals surface area contributed by atoms with Crippen LogP contribution < -0.4 is 0 Å². The summed E-state index contributed by atoms with van der Waals surface area (Å²) in [5.41, 5.74) is 0.767. The van der Waals surface area contributed by atoms with Crippen LogP contribution in [-0.4, -0.2) is 18.0 Å². The molecule has 0 heterocycles. The van der Waals surface area contributed by atoms with Gasteiger partial charge in [0, 0.05) is 13.0 Å². The molecule has 0 aliphatic heterocycles. The fourth-order valence-corrected chi connectivity index (χ4v) is 1.96. The second-order valence-electron chi connectivity index (χ2n) is 3.75. The Labute approximate surface area is 80.0 Å². The Hall–Kier alpha value is -0.630. The minimum Gasteiger partial charge on any atom is -0.367 e. The van der Waals surface area contributed by atoms with Crippen molar-refractivity contribution in [3.05, 3.63) is 11.6 Å². The highest BCUT2D eigenvalue weighted by atomic mass is 16.5. The SMILES string of the molecule is CCOC1(C(C)=O)CCC=C(C)C1.